The van der Waals surface area contributed by atoms with Crippen LogP contribution < -0.4 is 5.32 Å². The number of benzene rings is 1. The Hall–Kier alpha value is -2.00. The largest absolute Gasteiger partial charge is 0.293 e. The zero-order chi connectivity index (χ0) is 8.97. The molecular weight excluding hydrogens is 150 g/mol. The summed E-state index contributed by atoms with van der Waals surface area (Å²) in [5.74, 6) is 0. The molecule has 0 aliphatic carbocycles. The molecule has 0 atom stereocenters. The van der Waals surface area contributed by atoms with Crippen LogP contribution in [-0.4, -0.2) is 0 Å². The third-order valence-corrected chi connectivity index (χ3v) is 1.56. The van der Waals surface area contributed by atoms with E-state index in [0.29, 0.717) is 11.3 Å². The van der Waals surface area contributed by atoms with Gasteiger partial charge in [0.25, 0.3) is 0 Å². The molecule has 0 aliphatic heterocycles. The van der Waals surface area contributed by atoms with E-state index in [-0.39, 0.29) is 0 Å². The summed E-state index contributed by atoms with van der Waals surface area (Å²) in [6.45, 7) is 1.88. The van der Waals surface area contributed by atoms with Gasteiger partial charge in [-0.05, 0) is 24.6 Å². The van der Waals surface area contributed by atoms with Crippen LogP contribution >= 0.6 is 0 Å². The van der Waals surface area contributed by atoms with Crippen molar-refractivity contribution in [2.75, 3.05) is 5.32 Å². The van der Waals surface area contributed by atoms with E-state index in [0.717, 1.165) is 5.56 Å². The molecule has 0 aromatic heterocycles. The number of nitriles is 2. The predicted octanol–water partition coefficient (Wildman–Crippen LogP) is 1.76. The second-order valence-electron chi connectivity index (χ2n) is 2.38. The summed E-state index contributed by atoms with van der Waals surface area (Å²) in [5, 5.41) is 19.4. The van der Waals surface area contributed by atoms with Gasteiger partial charge in [-0.1, -0.05) is 6.07 Å². The summed E-state index contributed by atoms with van der Waals surface area (Å²) in [4.78, 5) is 0. The molecule has 0 unspecified atom stereocenters. The van der Waals surface area contributed by atoms with Crippen LogP contribution in [0.2, 0.25) is 0 Å². The van der Waals surface area contributed by atoms with Gasteiger partial charge in [0.1, 0.15) is 0 Å². The lowest BCUT2D eigenvalue weighted by atomic mass is 10.1. The number of nitrogens with zero attached hydrogens (tertiary/aromatic N) is 2. The van der Waals surface area contributed by atoms with Crippen LogP contribution in [0.1, 0.15) is 11.1 Å². The van der Waals surface area contributed by atoms with Gasteiger partial charge in [0.2, 0.25) is 0 Å². The number of hydrogen-bond acceptors (Lipinski definition) is 3. The van der Waals surface area contributed by atoms with Gasteiger partial charge in [0.05, 0.1) is 17.3 Å². The summed E-state index contributed by atoms with van der Waals surface area (Å²) in [5.41, 5.74) is 2.20. The lowest BCUT2D eigenvalue weighted by Crippen LogP contribution is -1.91. The predicted molar refractivity (Wildman–Crippen MR) is 45.1 cm³/mol. The highest BCUT2D eigenvalue weighted by molar-refractivity contribution is 5.57. The van der Waals surface area contributed by atoms with Crippen molar-refractivity contribution in [3.05, 3.63) is 29.3 Å². The summed E-state index contributed by atoms with van der Waals surface area (Å²) in [6.07, 6.45) is 1.82. The molecule has 0 aliphatic rings. The lowest BCUT2D eigenvalue weighted by Gasteiger charge is -2.01. The number of hydrogen-bond donors (Lipinski definition) is 1. The normalized spacial score (nSPS) is 8.25. The van der Waals surface area contributed by atoms with Crippen LogP contribution in [0.15, 0.2) is 18.2 Å². The molecule has 0 amide bonds. The molecule has 0 spiro atoms. The first-order valence-electron chi connectivity index (χ1n) is 3.44. The van der Waals surface area contributed by atoms with Crippen molar-refractivity contribution in [3.63, 3.8) is 0 Å². The zero-order valence-electron chi connectivity index (χ0n) is 6.63. The van der Waals surface area contributed by atoms with E-state index in [1.807, 2.05) is 19.2 Å². The summed E-state index contributed by atoms with van der Waals surface area (Å²) >= 11 is 0. The average Bonchev–Trinajstić information content (AvgIpc) is 2.09. The molecule has 1 aromatic carbocycles. The Bertz CT molecular complexity index is 368. The third kappa shape index (κ3) is 1.53. The highest BCUT2D eigenvalue weighted by atomic mass is 14.9. The Morgan fingerprint density at radius 2 is 2.08 bits per heavy atom. The van der Waals surface area contributed by atoms with E-state index >= 15 is 0 Å². The van der Waals surface area contributed by atoms with Gasteiger partial charge >= 0.3 is 0 Å². The molecule has 0 radical (unpaired) electrons. The highest BCUT2D eigenvalue weighted by Crippen LogP contribution is 2.15. The molecule has 58 valence electrons. The Labute approximate surface area is 70.9 Å². The van der Waals surface area contributed by atoms with E-state index in [1.165, 1.54) is 0 Å². The van der Waals surface area contributed by atoms with Crippen LogP contribution in [0.25, 0.3) is 0 Å². The number of rotatable bonds is 1. The molecule has 3 heteroatoms. The fraction of sp³-hybridized carbons (Fsp3) is 0.111. The Morgan fingerprint density at radius 3 is 2.67 bits per heavy atom. The molecular formula is C9H7N3. The van der Waals surface area contributed by atoms with Crippen LogP contribution in [0.5, 0.6) is 0 Å². The minimum Gasteiger partial charge on any atom is -0.293 e. The molecule has 1 N–H and O–H groups in total. The molecule has 0 fully saturated rings. The van der Waals surface area contributed by atoms with Crippen molar-refractivity contribution in [1.29, 1.82) is 10.5 Å². The monoisotopic (exact) mass is 157 g/mol. The topological polar surface area (TPSA) is 59.6 Å². The van der Waals surface area contributed by atoms with Gasteiger partial charge < -0.3 is 0 Å². The Balaban J connectivity index is 3.12. The molecule has 1 aromatic rings. The zero-order valence-corrected chi connectivity index (χ0v) is 6.63. The highest BCUT2D eigenvalue weighted by Gasteiger charge is 1.97. The molecule has 1 rings (SSSR count). The molecule has 0 bridgehead atoms. The number of anilines is 1. The van der Waals surface area contributed by atoms with Gasteiger partial charge in [-0.15, -0.1) is 0 Å². The minimum atomic E-state index is 0.554. The fourth-order valence-corrected chi connectivity index (χ4v) is 0.886. The van der Waals surface area contributed by atoms with Gasteiger partial charge in [-0.3, -0.25) is 5.32 Å². The summed E-state index contributed by atoms with van der Waals surface area (Å²) < 4.78 is 0. The van der Waals surface area contributed by atoms with E-state index in [4.69, 9.17) is 10.5 Å². The van der Waals surface area contributed by atoms with Crippen LogP contribution in [-0.2, 0) is 0 Å². The fourth-order valence-electron chi connectivity index (χ4n) is 0.886. The van der Waals surface area contributed by atoms with Gasteiger partial charge in [-0.2, -0.15) is 10.5 Å². The minimum absolute atomic E-state index is 0.554. The van der Waals surface area contributed by atoms with Crippen molar-refractivity contribution >= 4 is 5.69 Å². The second-order valence-corrected chi connectivity index (χ2v) is 2.38. The maximum Gasteiger partial charge on any atom is 0.181 e. The lowest BCUT2D eigenvalue weighted by molar-refractivity contribution is 1.39. The van der Waals surface area contributed by atoms with E-state index in [1.54, 1.807) is 18.2 Å². The maximum atomic E-state index is 8.56. The summed E-state index contributed by atoms with van der Waals surface area (Å²) in [6, 6.07) is 7.18. The van der Waals surface area contributed by atoms with E-state index < -0.39 is 0 Å². The van der Waals surface area contributed by atoms with Crippen LogP contribution in [0.4, 0.5) is 5.69 Å². The van der Waals surface area contributed by atoms with Crippen molar-refractivity contribution in [1.82, 2.24) is 0 Å². The smallest absolute Gasteiger partial charge is 0.181 e. The second kappa shape index (κ2) is 3.41. The SMILES string of the molecule is Cc1ccc(C#N)cc1NC#N. The molecule has 0 saturated carbocycles. The van der Waals surface area contributed by atoms with Crippen molar-refractivity contribution < 1.29 is 0 Å². The van der Waals surface area contributed by atoms with Gasteiger partial charge in [0.15, 0.2) is 6.19 Å². The average molecular weight is 157 g/mol. The quantitative estimate of drug-likeness (QED) is 0.499. The molecule has 0 saturated heterocycles. The Morgan fingerprint density at radius 1 is 1.33 bits per heavy atom. The molecule has 0 heterocycles. The van der Waals surface area contributed by atoms with Crippen LogP contribution in [0.3, 0.4) is 0 Å². The number of nitrogens with one attached hydrogen (secondary N) is 1. The summed E-state index contributed by atoms with van der Waals surface area (Å²) in [7, 11) is 0. The van der Waals surface area contributed by atoms with E-state index in [2.05, 4.69) is 5.32 Å². The standard InChI is InChI=1S/C9H7N3/c1-7-2-3-8(5-10)4-9(7)12-6-11/h2-4,12H,1H3. The first-order valence-corrected chi connectivity index (χ1v) is 3.44. The van der Waals surface area contributed by atoms with Gasteiger partial charge in [0, 0.05) is 0 Å². The Kier molecular flexibility index (Phi) is 2.30. The van der Waals surface area contributed by atoms with Crippen molar-refractivity contribution in [3.8, 4) is 12.3 Å². The maximum absolute atomic E-state index is 8.56. The first-order chi connectivity index (χ1) is 5.77. The van der Waals surface area contributed by atoms with Crippen LogP contribution in [0, 0.1) is 29.7 Å². The van der Waals surface area contributed by atoms with Gasteiger partial charge in [-0.25, -0.2) is 0 Å². The molecule has 12 heavy (non-hydrogen) atoms. The molecule has 3 nitrogen and oxygen atoms in total. The number of aryl methyl sites for hydroxylation is 1. The van der Waals surface area contributed by atoms with E-state index in [9.17, 15) is 0 Å². The van der Waals surface area contributed by atoms with Crippen molar-refractivity contribution in [2.45, 2.75) is 6.92 Å². The third-order valence-electron chi connectivity index (χ3n) is 1.56. The first kappa shape index (κ1) is 8.10. The van der Waals surface area contributed by atoms with Crippen molar-refractivity contribution in [2.24, 2.45) is 0 Å².